The summed E-state index contributed by atoms with van der Waals surface area (Å²) in [6, 6.07) is 11.7. The van der Waals surface area contributed by atoms with Crippen molar-refractivity contribution in [3.05, 3.63) is 59.4 Å². The lowest BCUT2D eigenvalue weighted by atomic mass is 10.1. The van der Waals surface area contributed by atoms with Crippen LogP contribution in [0.15, 0.2) is 47.4 Å². The second-order valence-corrected chi connectivity index (χ2v) is 7.16. The molecule has 0 aliphatic heterocycles. The lowest BCUT2D eigenvalue weighted by Crippen LogP contribution is -2.37. The number of rotatable bonds is 6. The van der Waals surface area contributed by atoms with Crippen molar-refractivity contribution in [1.82, 2.24) is 5.32 Å². The van der Waals surface area contributed by atoms with Crippen molar-refractivity contribution in [2.75, 3.05) is 11.9 Å². The molecule has 25 heavy (non-hydrogen) atoms. The van der Waals surface area contributed by atoms with Crippen molar-refractivity contribution >= 4 is 29.3 Å². The highest BCUT2D eigenvalue weighted by Gasteiger charge is 2.16. The summed E-state index contributed by atoms with van der Waals surface area (Å²) >= 11 is 1.31. The van der Waals surface area contributed by atoms with Crippen LogP contribution in [0.25, 0.3) is 0 Å². The fourth-order valence-corrected chi connectivity index (χ4v) is 3.17. The second kappa shape index (κ2) is 8.67. The van der Waals surface area contributed by atoms with Crippen LogP contribution in [-0.4, -0.2) is 23.6 Å². The summed E-state index contributed by atoms with van der Waals surface area (Å²) < 4.78 is 12.9. The van der Waals surface area contributed by atoms with E-state index in [0.717, 1.165) is 21.7 Å². The number of hydrogen-bond donors (Lipinski definition) is 2. The summed E-state index contributed by atoms with van der Waals surface area (Å²) in [5.74, 6) is -0.833. The van der Waals surface area contributed by atoms with Gasteiger partial charge in [0.2, 0.25) is 11.8 Å². The van der Waals surface area contributed by atoms with Crippen molar-refractivity contribution in [2.45, 2.75) is 30.9 Å². The number of carbonyl (C=O) groups excluding carboxylic acids is 2. The molecule has 0 saturated heterocycles. The first-order valence-corrected chi connectivity index (χ1v) is 8.81. The van der Waals surface area contributed by atoms with E-state index in [1.165, 1.54) is 23.9 Å². The smallest absolute Gasteiger partial charge is 0.243 e. The third-order valence-electron chi connectivity index (χ3n) is 3.66. The molecule has 0 saturated carbocycles. The van der Waals surface area contributed by atoms with Gasteiger partial charge in [0.05, 0.1) is 11.8 Å². The van der Waals surface area contributed by atoms with Crippen LogP contribution in [0.1, 0.15) is 18.1 Å². The number of thioether (sulfide) groups is 1. The van der Waals surface area contributed by atoms with Crippen molar-refractivity contribution in [1.29, 1.82) is 0 Å². The summed E-state index contributed by atoms with van der Waals surface area (Å²) in [5.41, 5.74) is 2.72. The van der Waals surface area contributed by atoms with Crippen LogP contribution in [-0.2, 0) is 9.59 Å². The topological polar surface area (TPSA) is 58.2 Å². The standard InChI is InChI=1S/C19H21FN2O2S/c1-12-5-4-6-13(2)18(12)22-17(23)11-21-19(24)14(3)25-16-9-7-15(20)8-10-16/h4-10,14H,11H2,1-3H3,(H,21,24)(H,22,23). The van der Waals surface area contributed by atoms with E-state index in [9.17, 15) is 14.0 Å². The Labute approximate surface area is 151 Å². The fraction of sp³-hybridized carbons (Fsp3) is 0.263. The minimum Gasteiger partial charge on any atom is -0.346 e. The Morgan fingerprint density at radius 3 is 2.28 bits per heavy atom. The lowest BCUT2D eigenvalue weighted by Gasteiger charge is -2.14. The molecule has 0 heterocycles. The number of para-hydroxylation sites is 1. The van der Waals surface area contributed by atoms with Crippen LogP contribution in [0.5, 0.6) is 0 Å². The summed E-state index contributed by atoms with van der Waals surface area (Å²) in [4.78, 5) is 25.0. The minimum absolute atomic E-state index is 0.0963. The highest BCUT2D eigenvalue weighted by Crippen LogP contribution is 2.23. The molecule has 0 radical (unpaired) electrons. The van der Waals surface area contributed by atoms with Gasteiger partial charge in [0.1, 0.15) is 5.82 Å². The van der Waals surface area contributed by atoms with Gasteiger partial charge in [-0.2, -0.15) is 0 Å². The maximum absolute atomic E-state index is 12.9. The highest BCUT2D eigenvalue weighted by molar-refractivity contribution is 8.00. The predicted molar refractivity (Wildman–Crippen MR) is 99.3 cm³/mol. The summed E-state index contributed by atoms with van der Waals surface area (Å²) in [6.07, 6.45) is 0. The molecule has 0 bridgehead atoms. The quantitative estimate of drug-likeness (QED) is 0.773. The molecular weight excluding hydrogens is 339 g/mol. The van der Waals surface area contributed by atoms with Crippen LogP contribution >= 0.6 is 11.8 Å². The van der Waals surface area contributed by atoms with E-state index in [0.29, 0.717) is 0 Å². The molecule has 2 N–H and O–H groups in total. The largest absolute Gasteiger partial charge is 0.346 e. The van der Waals surface area contributed by atoms with Gasteiger partial charge in [-0.3, -0.25) is 9.59 Å². The normalized spacial score (nSPS) is 11.7. The number of amides is 2. The number of aryl methyl sites for hydroxylation is 2. The maximum Gasteiger partial charge on any atom is 0.243 e. The zero-order valence-corrected chi connectivity index (χ0v) is 15.2. The number of benzene rings is 2. The van der Waals surface area contributed by atoms with Crippen molar-refractivity contribution in [2.24, 2.45) is 0 Å². The zero-order chi connectivity index (χ0) is 18.4. The van der Waals surface area contributed by atoms with Gasteiger partial charge < -0.3 is 10.6 Å². The number of carbonyl (C=O) groups is 2. The zero-order valence-electron chi connectivity index (χ0n) is 14.4. The third kappa shape index (κ3) is 5.60. The third-order valence-corrected chi connectivity index (χ3v) is 4.78. The van der Waals surface area contributed by atoms with Crippen LogP contribution in [0.4, 0.5) is 10.1 Å². The van der Waals surface area contributed by atoms with E-state index in [2.05, 4.69) is 10.6 Å². The van der Waals surface area contributed by atoms with Gasteiger partial charge in [0.15, 0.2) is 0 Å². The average molecular weight is 360 g/mol. The van der Waals surface area contributed by atoms with Gasteiger partial charge in [-0.1, -0.05) is 18.2 Å². The summed E-state index contributed by atoms with van der Waals surface area (Å²) in [6.45, 7) is 5.49. The SMILES string of the molecule is Cc1cccc(C)c1NC(=O)CNC(=O)C(C)Sc1ccc(F)cc1. The molecule has 0 spiro atoms. The van der Waals surface area contributed by atoms with Crippen molar-refractivity contribution in [3.63, 3.8) is 0 Å². The average Bonchev–Trinajstić information content (AvgIpc) is 2.58. The van der Waals surface area contributed by atoms with E-state index in [-0.39, 0.29) is 24.2 Å². The van der Waals surface area contributed by atoms with E-state index < -0.39 is 5.25 Å². The number of halogens is 1. The molecule has 4 nitrogen and oxygen atoms in total. The monoisotopic (exact) mass is 360 g/mol. The Morgan fingerprint density at radius 1 is 1.08 bits per heavy atom. The molecule has 1 unspecified atom stereocenters. The molecule has 1 atom stereocenters. The van der Waals surface area contributed by atoms with Gasteiger partial charge in [-0.25, -0.2) is 4.39 Å². The van der Waals surface area contributed by atoms with Gasteiger partial charge >= 0.3 is 0 Å². The summed E-state index contributed by atoms with van der Waals surface area (Å²) in [7, 11) is 0. The molecule has 2 aromatic rings. The Balaban J connectivity index is 1.84. The fourth-order valence-electron chi connectivity index (χ4n) is 2.28. The van der Waals surface area contributed by atoms with Crippen LogP contribution < -0.4 is 10.6 Å². The Morgan fingerprint density at radius 2 is 1.68 bits per heavy atom. The number of nitrogens with one attached hydrogen (secondary N) is 2. The Hall–Kier alpha value is -2.34. The van der Waals surface area contributed by atoms with E-state index in [1.807, 2.05) is 32.0 Å². The lowest BCUT2D eigenvalue weighted by molar-refractivity contribution is -0.123. The van der Waals surface area contributed by atoms with Crippen LogP contribution in [0.2, 0.25) is 0 Å². The highest BCUT2D eigenvalue weighted by atomic mass is 32.2. The van der Waals surface area contributed by atoms with Crippen LogP contribution in [0.3, 0.4) is 0 Å². The molecule has 0 aromatic heterocycles. The molecule has 132 valence electrons. The maximum atomic E-state index is 12.9. The minimum atomic E-state index is -0.390. The molecule has 2 rings (SSSR count). The summed E-state index contributed by atoms with van der Waals surface area (Å²) in [5, 5.41) is 5.06. The molecule has 0 aliphatic rings. The van der Waals surface area contributed by atoms with E-state index in [1.54, 1.807) is 19.1 Å². The second-order valence-electron chi connectivity index (χ2n) is 5.75. The van der Waals surface area contributed by atoms with Crippen molar-refractivity contribution in [3.8, 4) is 0 Å². The molecule has 2 aromatic carbocycles. The van der Waals surface area contributed by atoms with Gasteiger partial charge in [0.25, 0.3) is 0 Å². The van der Waals surface area contributed by atoms with Crippen molar-refractivity contribution < 1.29 is 14.0 Å². The van der Waals surface area contributed by atoms with Gasteiger partial charge in [-0.05, 0) is 56.2 Å². The molecular formula is C19H21FN2O2S. The predicted octanol–water partition coefficient (Wildman–Crippen LogP) is 3.68. The number of hydrogen-bond acceptors (Lipinski definition) is 3. The molecule has 2 amide bonds. The Kier molecular flexibility index (Phi) is 6.58. The molecule has 6 heteroatoms. The van der Waals surface area contributed by atoms with E-state index >= 15 is 0 Å². The van der Waals surface area contributed by atoms with E-state index in [4.69, 9.17) is 0 Å². The van der Waals surface area contributed by atoms with Gasteiger partial charge in [0, 0.05) is 10.6 Å². The number of anilines is 1. The Bertz CT molecular complexity index is 742. The van der Waals surface area contributed by atoms with Crippen LogP contribution in [0, 0.1) is 19.7 Å². The van der Waals surface area contributed by atoms with Gasteiger partial charge in [-0.15, -0.1) is 11.8 Å². The first-order chi connectivity index (χ1) is 11.9. The first-order valence-electron chi connectivity index (χ1n) is 7.93. The molecule has 0 aliphatic carbocycles. The first kappa shape index (κ1) is 19.0. The molecule has 0 fully saturated rings.